The predicted octanol–water partition coefficient (Wildman–Crippen LogP) is 0.151. The first-order valence-corrected chi connectivity index (χ1v) is 3.49. The summed E-state index contributed by atoms with van der Waals surface area (Å²) in [5, 5.41) is 19.0. The van der Waals surface area contributed by atoms with E-state index in [0.29, 0.717) is 12.8 Å². The number of hydrogen-bond acceptors (Lipinski definition) is 4. The lowest BCUT2D eigenvalue weighted by Crippen LogP contribution is -2.33. The predicted molar refractivity (Wildman–Crippen MR) is 36.6 cm³/mol. The Balaban J connectivity index is 2.48. The molecule has 0 saturated carbocycles. The summed E-state index contributed by atoms with van der Waals surface area (Å²) in [5.41, 5.74) is -0.761. The van der Waals surface area contributed by atoms with Crippen molar-refractivity contribution >= 4 is 0 Å². The minimum atomic E-state index is -0.819. The maximum Gasteiger partial charge on any atom is 0.232 e. The summed E-state index contributed by atoms with van der Waals surface area (Å²) in [5.74, 6) is 0. The first kappa shape index (κ1) is 8.42. The molecule has 1 rings (SSSR count). The molecule has 11 heavy (non-hydrogen) atoms. The topological polar surface area (TPSA) is 72.6 Å². The number of nitrogens with zero attached hydrogens (tertiary/aromatic N) is 1. The zero-order valence-electron chi connectivity index (χ0n) is 6.32. The monoisotopic (exact) mass is 161 g/mol. The van der Waals surface area contributed by atoms with Crippen LogP contribution in [0.15, 0.2) is 0 Å². The molecule has 5 nitrogen and oxygen atoms in total. The molecule has 0 bridgehead atoms. The molecular weight excluding hydrogens is 150 g/mol. The van der Waals surface area contributed by atoms with Crippen LogP contribution in [0, 0.1) is 10.1 Å². The van der Waals surface area contributed by atoms with Gasteiger partial charge in [-0.3, -0.25) is 10.1 Å². The normalized spacial score (nSPS) is 37.5. The van der Waals surface area contributed by atoms with Crippen LogP contribution in [0.1, 0.15) is 19.8 Å². The van der Waals surface area contributed by atoms with Crippen LogP contribution in [0.4, 0.5) is 0 Å². The van der Waals surface area contributed by atoms with Crippen molar-refractivity contribution in [3.8, 4) is 0 Å². The zero-order chi connectivity index (χ0) is 8.48. The molecule has 64 valence electrons. The molecule has 1 N–H and O–H groups in total. The quantitative estimate of drug-likeness (QED) is 0.462. The van der Waals surface area contributed by atoms with Gasteiger partial charge in [0.1, 0.15) is 5.60 Å². The van der Waals surface area contributed by atoms with Gasteiger partial charge in [-0.25, -0.2) is 0 Å². The van der Waals surface area contributed by atoms with Crippen molar-refractivity contribution < 1.29 is 14.8 Å². The van der Waals surface area contributed by atoms with Gasteiger partial charge >= 0.3 is 0 Å². The van der Waals surface area contributed by atoms with Crippen molar-refractivity contribution in [1.29, 1.82) is 0 Å². The molecule has 0 radical (unpaired) electrons. The highest BCUT2D eigenvalue weighted by Crippen LogP contribution is 2.28. The minimum Gasteiger partial charge on any atom is -0.368 e. The van der Waals surface area contributed by atoms with Crippen LogP contribution in [-0.2, 0) is 4.74 Å². The molecule has 5 heteroatoms. The lowest BCUT2D eigenvalue weighted by Gasteiger charge is -2.17. The van der Waals surface area contributed by atoms with E-state index in [4.69, 9.17) is 9.84 Å². The summed E-state index contributed by atoms with van der Waals surface area (Å²) in [6, 6.07) is 0. The maximum atomic E-state index is 10.1. The van der Waals surface area contributed by atoms with Crippen LogP contribution in [-0.4, -0.2) is 28.5 Å². The maximum absolute atomic E-state index is 10.1. The van der Waals surface area contributed by atoms with Crippen LogP contribution in [0.25, 0.3) is 0 Å². The first-order chi connectivity index (χ1) is 5.02. The molecule has 1 saturated heterocycles. The van der Waals surface area contributed by atoms with E-state index in [-0.39, 0.29) is 6.54 Å². The molecule has 0 aromatic carbocycles. The highest BCUT2D eigenvalue weighted by atomic mass is 16.6. The van der Waals surface area contributed by atoms with Crippen LogP contribution >= 0.6 is 0 Å². The van der Waals surface area contributed by atoms with E-state index in [9.17, 15) is 10.1 Å². The van der Waals surface area contributed by atoms with Crippen molar-refractivity contribution in [2.24, 2.45) is 0 Å². The molecule has 1 aliphatic heterocycles. The van der Waals surface area contributed by atoms with Crippen molar-refractivity contribution in [1.82, 2.24) is 0 Å². The van der Waals surface area contributed by atoms with Gasteiger partial charge in [0.25, 0.3) is 0 Å². The number of ether oxygens (including phenoxy) is 1. The lowest BCUT2D eigenvalue weighted by atomic mass is 10.0. The van der Waals surface area contributed by atoms with E-state index >= 15 is 0 Å². The molecule has 1 aliphatic rings. The van der Waals surface area contributed by atoms with E-state index in [1.807, 2.05) is 0 Å². The fourth-order valence-electron chi connectivity index (χ4n) is 1.26. The van der Waals surface area contributed by atoms with E-state index in [0.717, 1.165) is 0 Å². The summed E-state index contributed by atoms with van der Waals surface area (Å²) < 4.78 is 4.97. The fourth-order valence-corrected chi connectivity index (χ4v) is 1.26. The second kappa shape index (κ2) is 2.75. The molecular formula is C6H11NO4. The number of nitro groups is 1. The zero-order valence-corrected chi connectivity index (χ0v) is 6.32. The Labute approximate surface area is 64.1 Å². The molecule has 0 amide bonds. The van der Waals surface area contributed by atoms with Gasteiger partial charge in [0, 0.05) is 11.3 Å². The summed E-state index contributed by atoms with van der Waals surface area (Å²) >= 11 is 0. The number of rotatable bonds is 2. The minimum absolute atomic E-state index is 0.232. The summed E-state index contributed by atoms with van der Waals surface area (Å²) in [4.78, 5) is 9.69. The van der Waals surface area contributed by atoms with Crippen molar-refractivity contribution in [2.75, 3.05) is 6.54 Å². The summed E-state index contributed by atoms with van der Waals surface area (Å²) in [7, 11) is 0. The van der Waals surface area contributed by atoms with Gasteiger partial charge in [0.15, 0.2) is 6.29 Å². The lowest BCUT2D eigenvalue weighted by molar-refractivity contribution is -0.501. The SMILES string of the molecule is C[C@@]1(C[N+](=O)[O-])CCC(O)O1. The molecule has 0 aromatic heterocycles. The number of aliphatic hydroxyl groups is 1. The largest absolute Gasteiger partial charge is 0.368 e. The van der Waals surface area contributed by atoms with Crippen molar-refractivity contribution in [2.45, 2.75) is 31.7 Å². The van der Waals surface area contributed by atoms with Crippen molar-refractivity contribution in [3.63, 3.8) is 0 Å². The number of hydrogen-bond donors (Lipinski definition) is 1. The van der Waals surface area contributed by atoms with Crippen LogP contribution in [0.5, 0.6) is 0 Å². The Morgan fingerprint density at radius 2 is 2.55 bits per heavy atom. The molecule has 0 aliphatic carbocycles. The third-order valence-electron chi connectivity index (χ3n) is 1.80. The Bertz CT molecular complexity index is 172. The third kappa shape index (κ3) is 2.13. The van der Waals surface area contributed by atoms with Gasteiger partial charge in [0.05, 0.1) is 0 Å². The fraction of sp³-hybridized carbons (Fsp3) is 1.00. The third-order valence-corrected chi connectivity index (χ3v) is 1.80. The Morgan fingerprint density at radius 1 is 1.91 bits per heavy atom. The molecule has 2 atom stereocenters. The Hall–Kier alpha value is -0.680. The van der Waals surface area contributed by atoms with Crippen LogP contribution < -0.4 is 0 Å². The average Bonchev–Trinajstić information content (AvgIpc) is 2.08. The van der Waals surface area contributed by atoms with E-state index in [1.165, 1.54) is 0 Å². The molecule has 1 unspecified atom stereocenters. The average molecular weight is 161 g/mol. The van der Waals surface area contributed by atoms with Gasteiger partial charge in [0.2, 0.25) is 6.54 Å². The van der Waals surface area contributed by atoms with Gasteiger partial charge in [-0.15, -0.1) is 0 Å². The van der Waals surface area contributed by atoms with E-state index in [2.05, 4.69) is 0 Å². The van der Waals surface area contributed by atoms with E-state index in [1.54, 1.807) is 6.92 Å². The Morgan fingerprint density at radius 3 is 2.91 bits per heavy atom. The second-order valence-corrected chi connectivity index (χ2v) is 3.05. The number of aliphatic hydroxyl groups excluding tert-OH is 1. The highest BCUT2D eigenvalue weighted by Gasteiger charge is 2.39. The summed E-state index contributed by atoms with van der Waals surface area (Å²) in [6.45, 7) is 1.41. The summed E-state index contributed by atoms with van der Waals surface area (Å²) in [6.07, 6.45) is 0.222. The first-order valence-electron chi connectivity index (χ1n) is 3.49. The van der Waals surface area contributed by atoms with Crippen LogP contribution in [0.2, 0.25) is 0 Å². The van der Waals surface area contributed by atoms with Crippen molar-refractivity contribution in [3.05, 3.63) is 10.1 Å². The molecule has 1 heterocycles. The highest BCUT2D eigenvalue weighted by molar-refractivity contribution is 4.80. The molecule has 0 aromatic rings. The van der Waals surface area contributed by atoms with Gasteiger partial charge in [-0.1, -0.05) is 0 Å². The molecule has 1 fully saturated rings. The standard InChI is InChI=1S/C6H11NO4/c1-6(4-7(9)10)3-2-5(8)11-6/h5,8H,2-4H2,1H3/t5?,6-/m0/s1. The van der Waals surface area contributed by atoms with Gasteiger partial charge in [-0.05, 0) is 13.3 Å². The van der Waals surface area contributed by atoms with Crippen LogP contribution in [0.3, 0.4) is 0 Å². The Kier molecular flexibility index (Phi) is 2.10. The smallest absolute Gasteiger partial charge is 0.232 e. The van der Waals surface area contributed by atoms with Gasteiger partial charge in [-0.2, -0.15) is 0 Å². The second-order valence-electron chi connectivity index (χ2n) is 3.05. The van der Waals surface area contributed by atoms with E-state index < -0.39 is 16.8 Å². The van der Waals surface area contributed by atoms with Gasteiger partial charge < -0.3 is 9.84 Å². The molecule has 0 spiro atoms.